The van der Waals surface area contributed by atoms with Gasteiger partial charge in [0.15, 0.2) is 0 Å². The van der Waals surface area contributed by atoms with Crippen LogP contribution in [-0.2, 0) is 9.53 Å². The summed E-state index contributed by atoms with van der Waals surface area (Å²) in [6.07, 6.45) is 1.53. The normalized spacial score (nSPS) is 28.2. The zero-order chi connectivity index (χ0) is 12.2. The van der Waals surface area contributed by atoms with E-state index in [2.05, 4.69) is 12.2 Å². The van der Waals surface area contributed by atoms with Crippen LogP contribution in [0.25, 0.3) is 0 Å². The predicted molar refractivity (Wildman–Crippen MR) is 67.1 cm³/mol. The van der Waals surface area contributed by atoms with Gasteiger partial charge in [-0.3, -0.25) is 4.79 Å². The lowest BCUT2D eigenvalue weighted by Crippen LogP contribution is -2.56. The van der Waals surface area contributed by atoms with Gasteiger partial charge in [0.1, 0.15) is 0 Å². The third-order valence-corrected chi connectivity index (χ3v) is 3.43. The van der Waals surface area contributed by atoms with Crippen molar-refractivity contribution in [3.8, 4) is 0 Å². The van der Waals surface area contributed by atoms with E-state index in [0.29, 0.717) is 30.7 Å². The number of hydrogen-bond acceptors (Lipinski definition) is 3. The van der Waals surface area contributed by atoms with Crippen LogP contribution in [0.1, 0.15) is 26.7 Å². The van der Waals surface area contributed by atoms with E-state index in [9.17, 15) is 4.79 Å². The third kappa shape index (κ3) is 2.71. The molecule has 0 bridgehead atoms. The summed E-state index contributed by atoms with van der Waals surface area (Å²) < 4.78 is 5.15. The molecule has 1 saturated carbocycles. The summed E-state index contributed by atoms with van der Waals surface area (Å²) in [6.45, 7) is 5.74. The van der Waals surface area contributed by atoms with Crippen LogP contribution in [0, 0.1) is 11.3 Å². The minimum atomic E-state index is -0.596. The fraction of sp³-hybridized carbons (Fsp3) is 0.818. The average molecular weight is 244 g/mol. The van der Waals surface area contributed by atoms with E-state index >= 15 is 0 Å². The van der Waals surface area contributed by atoms with Crippen molar-refractivity contribution in [2.24, 2.45) is 17.1 Å². The maximum atomic E-state index is 12.0. The van der Waals surface area contributed by atoms with Crippen LogP contribution in [-0.4, -0.2) is 30.7 Å². The van der Waals surface area contributed by atoms with Gasteiger partial charge in [0.05, 0.1) is 17.0 Å². The number of hydrogen-bond donors (Lipinski definition) is 2. The van der Waals surface area contributed by atoms with Crippen molar-refractivity contribution >= 4 is 23.1 Å². The topological polar surface area (TPSA) is 64.3 Å². The van der Waals surface area contributed by atoms with Crippen molar-refractivity contribution in [1.82, 2.24) is 5.32 Å². The number of thiocarbonyl (C=S) groups is 1. The molecular weight excluding hydrogens is 224 g/mol. The smallest absolute Gasteiger partial charge is 0.233 e. The second-order valence-electron chi connectivity index (χ2n) is 4.41. The molecule has 4 nitrogen and oxygen atoms in total. The third-order valence-electron chi connectivity index (χ3n) is 3.04. The lowest BCUT2D eigenvalue weighted by Gasteiger charge is -2.44. The largest absolute Gasteiger partial charge is 0.392 e. The van der Waals surface area contributed by atoms with Gasteiger partial charge in [-0.15, -0.1) is 0 Å². The average Bonchev–Trinajstić information content (AvgIpc) is 2.18. The SMILES string of the molecule is CCOCCNC(=O)C1(C(N)=S)CC(C)C1. The van der Waals surface area contributed by atoms with E-state index in [0.717, 1.165) is 12.8 Å². The Labute approximate surface area is 102 Å². The highest BCUT2D eigenvalue weighted by molar-refractivity contribution is 7.80. The minimum absolute atomic E-state index is 0.0437. The molecule has 3 N–H and O–H groups in total. The van der Waals surface area contributed by atoms with Gasteiger partial charge in [-0.05, 0) is 25.7 Å². The molecule has 16 heavy (non-hydrogen) atoms. The summed E-state index contributed by atoms with van der Waals surface area (Å²) in [4.78, 5) is 12.3. The van der Waals surface area contributed by atoms with Crippen molar-refractivity contribution < 1.29 is 9.53 Å². The van der Waals surface area contributed by atoms with Gasteiger partial charge >= 0.3 is 0 Å². The molecule has 92 valence electrons. The molecule has 1 amide bonds. The number of ether oxygens (including phenoxy) is 1. The molecule has 0 aromatic heterocycles. The Kier molecular flexibility index (Phi) is 4.68. The summed E-state index contributed by atoms with van der Waals surface area (Å²) in [6, 6.07) is 0. The highest BCUT2D eigenvalue weighted by atomic mass is 32.1. The zero-order valence-corrected chi connectivity index (χ0v) is 10.7. The summed E-state index contributed by atoms with van der Waals surface area (Å²) in [7, 11) is 0. The van der Waals surface area contributed by atoms with E-state index < -0.39 is 5.41 Å². The second kappa shape index (κ2) is 5.59. The lowest BCUT2D eigenvalue weighted by atomic mass is 9.62. The van der Waals surface area contributed by atoms with Crippen molar-refractivity contribution in [2.45, 2.75) is 26.7 Å². The molecule has 0 saturated heterocycles. The van der Waals surface area contributed by atoms with E-state index in [-0.39, 0.29) is 5.91 Å². The number of rotatable bonds is 6. The van der Waals surface area contributed by atoms with Gasteiger partial charge in [0.25, 0.3) is 0 Å². The molecule has 0 aromatic carbocycles. The Morgan fingerprint density at radius 2 is 2.25 bits per heavy atom. The Bertz CT molecular complexity index is 275. The monoisotopic (exact) mass is 244 g/mol. The molecule has 0 aliphatic heterocycles. The molecule has 0 aromatic rings. The fourth-order valence-corrected chi connectivity index (χ4v) is 2.44. The number of carbonyl (C=O) groups excluding carboxylic acids is 1. The molecule has 5 heteroatoms. The molecule has 1 fully saturated rings. The maximum Gasteiger partial charge on any atom is 0.233 e. The second-order valence-corrected chi connectivity index (χ2v) is 4.85. The van der Waals surface area contributed by atoms with Gasteiger partial charge in [0.2, 0.25) is 5.91 Å². The highest BCUT2D eigenvalue weighted by Gasteiger charge is 2.50. The number of carbonyl (C=O) groups is 1. The van der Waals surface area contributed by atoms with Crippen molar-refractivity contribution in [3.05, 3.63) is 0 Å². The molecule has 1 aliphatic rings. The Morgan fingerprint density at radius 1 is 1.62 bits per heavy atom. The Hall–Kier alpha value is -0.680. The van der Waals surface area contributed by atoms with Crippen LogP contribution in [0.3, 0.4) is 0 Å². The van der Waals surface area contributed by atoms with E-state index in [1.54, 1.807) is 0 Å². The van der Waals surface area contributed by atoms with Gasteiger partial charge in [-0.2, -0.15) is 0 Å². The first kappa shape index (κ1) is 13.4. The molecule has 0 spiro atoms. The van der Waals surface area contributed by atoms with Gasteiger partial charge in [0, 0.05) is 13.2 Å². The van der Waals surface area contributed by atoms with Crippen LogP contribution < -0.4 is 11.1 Å². The Morgan fingerprint density at radius 3 is 2.69 bits per heavy atom. The summed E-state index contributed by atoms with van der Waals surface area (Å²) in [5.41, 5.74) is 5.07. The lowest BCUT2D eigenvalue weighted by molar-refractivity contribution is -0.133. The number of nitrogens with two attached hydrogens (primary N) is 1. The van der Waals surface area contributed by atoms with Crippen LogP contribution in [0.2, 0.25) is 0 Å². The summed E-state index contributed by atoms with van der Waals surface area (Å²) >= 11 is 5.00. The molecule has 0 radical (unpaired) electrons. The van der Waals surface area contributed by atoms with Crippen LogP contribution in [0.4, 0.5) is 0 Å². The molecule has 1 aliphatic carbocycles. The van der Waals surface area contributed by atoms with E-state index in [1.807, 2.05) is 6.92 Å². The van der Waals surface area contributed by atoms with Gasteiger partial charge in [-0.25, -0.2) is 0 Å². The molecular formula is C11H20N2O2S. The molecule has 0 atom stereocenters. The highest BCUT2D eigenvalue weighted by Crippen LogP contribution is 2.45. The van der Waals surface area contributed by atoms with Crippen LogP contribution in [0.15, 0.2) is 0 Å². The summed E-state index contributed by atoms with van der Waals surface area (Å²) in [5.74, 6) is 0.483. The predicted octanol–water partition coefficient (Wildman–Crippen LogP) is 0.841. The van der Waals surface area contributed by atoms with Crippen LogP contribution in [0.5, 0.6) is 0 Å². The zero-order valence-electron chi connectivity index (χ0n) is 9.91. The summed E-state index contributed by atoms with van der Waals surface area (Å²) in [5, 5.41) is 2.83. The standard InChI is InChI=1S/C11H20N2O2S/c1-3-15-5-4-13-10(14)11(9(12)16)6-8(2)7-11/h8H,3-7H2,1-2H3,(H2,12,16)(H,13,14). The van der Waals surface area contributed by atoms with Crippen molar-refractivity contribution in [1.29, 1.82) is 0 Å². The van der Waals surface area contributed by atoms with Crippen molar-refractivity contribution in [3.63, 3.8) is 0 Å². The quantitative estimate of drug-likeness (QED) is 0.537. The molecule has 1 rings (SSSR count). The van der Waals surface area contributed by atoms with Gasteiger partial charge in [-0.1, -0.05) is 19.1 Å². The van der Waals surface area contributed by atoms with E-state index in [1.165, 1.54) is 0 Å². The van der Waals surface area contributed by atoms with Crippen LogP contribution >= 0.6 is 12.2 Å². The first-order chi connectivity index (χ1) is 7.53. The molecule has 0 unspecified atom stereocenters. The molecule has 0 heterocycles. The number of amides is 1. The van der Waals surface area contributed by atoms with E-state index in [4.69, 9.17) is 22.7 Å². The minimum Gasteiger partial charge on any atom is -0.392 e. The van der Waals surface area contributed by atoms with Gasteiger partial charge < -0.3 is 15.8 Å². The maximum absolute atomic E-state index is 12.0. The van der Waals surface area contributed by atoms with Crippen molar-refractivity contribution in [2.75, 3.05) is 19.8 Å². The fourth-order valence-electron chi connectivity index (χ4n) is 2.18. The number of nitrogens with one attached hydrogen (secondary N) is 1. The first-order valence-corrected chi connectivity index (χ1v) is 6.09. The Balaban J connectivity index is 2.41. The first-order valence-electron chi connectivity index (χ1n) is 5.69.